The molecule has 0 aliphatic carbocycles. The van der Waals surface area contributed by atoms with Crippen molar-refractivity contribution in [2.24, 2.45) is 0 Å². The molecule has 0 aliphatic heterocycles. The molecule has 2 aromatic rings. The van der Waals surface area contributed by atoms with Gasteiger partial charge in [-0.15, -0.1) is 0 Å². The third-order valence-corrected chi connectivity index (χ3v) is 3.91. The zero-order chi connectivity index (χ0) is 14.5. The van der Waals surface area contributed by atoms with Crippen molar-refractivity contribution in [2.75, 3.05) is 6.54 Å². The molecule has 5 heteroatoms. The number of hydrogen-bond donors (Lipinski definition) is 1. The van der Waals surface area contributed by atoms with Crippen LogP contribution in [0.25, 0.3) is 0 Å². The average molecular weight is 341 g/mol. The fourth-order valence-corrected chi connectivity index (χ4v) is 2.52. The van der Waals surface area contributed by atoms with Crippen LogP contribution in [0.2, 0.25) is 0 Å². The van der Waals surface area contributed by atoms with Crippen molar-refractivity contribution in [3.05, 3.63) is 63.9 Å². The number of hydrogen-bond acceptors (Lipinski definition) is 2. The van der Waals surface area contributed by atoms with Crippen LogP contribution in [0.3, 0.4) is 0 Å². The van der Waals surface area contributed by atoms with E-state index in [4.69, 9.17) is 0 Å². The summed E-state index contributed by atoms with van der Waals surface area (Å²) >= 11 is 3.23. The number of pyridine rings is 1. The summed E-state index contributed by atoms with van der Waals surface area (Å²) in [7, 11) is 0. The van der Waals surface area contributed by atoms with Gasteiger partial charge in [0.15, 0.2) is 0 Å². The van der Waals surface area contributed by atoms with Crippen LogP contribution in [0, 0.1) is 11.6 Å². The Bertz CT molecular complexity index is 590. The van der Waals surface area contributed by atoms with Crippen molar-refractivity contribution in [2.45, 2.75) is 19.4 Å². The van der Waals surface area contributed by atoms with Gasteiger partial charge in [-0.3, -0.25) is 4.98 Å². The first-order valence-corrected chi connectivity index (χ1v) is 7.19. The fourth-order valence-electron chi connectivity index (χ4n) is 2.09. The van der Waals surface area contributed by atoms with Gasteiger partial charge in [0.25, 0.3) is 0 Å². The van der Waals surface area contributed by atoms with Gasteiger partial charge in [0.05, 0.1) is 16.2 Å². The van der Waals surface area contributed by atoms with Crippen molar-refractivity contribution < 1.29 is 8.78 Å². The Balaban J connectivity index is 2.31. The fraction of sp³-hybridized carbons (Fsp3) is 0.267. The molecule has 0 saturated heterocycles. The summed E-state index contributed by atoms with van der Waals surface area (Å²) in [6, 6.07) is 7.50. The first-order chi connectivity index (χ1) is 9.63. The van der Waals surface area contributed by atoms with Gasteiger partial charge in [0, 0.05) is 6.20 Å². The standard InChI is InChI=1S/C15H15BrF2N2/c1-2-19-13(15-12(18)7-4-8-20-15)9-10-5-3-6-11(17)14(10)16/h3-8,13,19H,2,9H2,1H3. The molecular formula is C15H15BrF2N2. The maximum Gasteiger partial charge on any atom is 0.146 e. The Labute approximate surface area is 125 Å². The van der Waals surface area contributed by atoms with Gasteiger partial charge in [0.2, 0.25) is 0 Å². The highest BCUT2D eigenvalue weighted by atomic mass is 79.9. The third-order valence-electron chi connectivity index (χ3n) is 3.02. The molecule has 1 atom stereocenters. The number of nitrogens with one attached hydrogen (secondary N) is 1. The number of halogens is 3. The summed E-state index contributed by atoms with van der Waals surface area (Å²) < 4.78 is 27.8. The van der Waals surface area contributed by atoms with Crippen molar-refractivity contribution in [3.8, 4) is 0 Å². The summed E-state index contributed by atoms with van der Waals surface area (Å²) in [6.07, 6.45) is 2.02. The molecule has 0 radical (unpaired) electrons. The van der Waals surface area contributed by atoms with E-state index in [0.29, 0.717) is 23.1 Å². The van der Waals surface area contributed by atoms with E-state index in [2.05, 4.69) is 26.2 Å². The third kappa shape index (κ3) is 3.41. The molecular weight excluding hydrogens is 326 g/mol. The van der Waals surface area contributed by atoms with E-state index < -0.39 is 0 Å². The van der Waals surface area contributed by atoms with Gasteiger partial charge in [-0.25, -0.2) is 8.78 Å². The number of aromatic nitrogens is 1. The SMILES string of the molecule is CCNC(Cc1cccc(F)c1Br)c1ncccc1F. The lowest BCUT2D eigenvalue weighted by Gasteiger charge is -2.18. The van der Waals surface area contributed by atoms with Gasteiger partial charge in [-0.05, 0) is 52.7 Å². The van der Waals surface area contributed by atoms with Crippen LogP contribution in [0.5, 0.6) is 0 Å². The summed E-state index contributed by atoms with van der Waals surface area (Å²) in [4.78, 5) is 4.10. The van der Waals surface area contributed by atoms with E-state index >= 15 is 0 Å². The van der Waals surface area contributed by atoms with Crippen LogP contribution in [0.1, 0.15) is 24.2 Å². The molecule has 0 aliphatic rings. The minimum Gasteiger partial charge on any atom is -0.309 e. The number of benzene rings is 1. The molecule has 0 amide bonds. The largest absolute Gasteiger partial charge is 0.309 e. The quantitative estimate of drug-likeness (QED) is 0.889. The van der Waals surface area contributed by atoms with E-state index in [9.17, 15) is 8.78 Å². The second kappa shape index (κ2) is 6.90. The highest BCUT2D eigenvalue weighted by molar-refractivity contribution is 9.10. The molecule has 2 rings (SSSR count). The summed E-state index contributed by atoms with van der Waals surface area (Å²) in [5, 5.41) is 3.19. The number of rotatable bonds is 5. The van der Waals surface area contributed by atoms with Crippen molar-refractivity contribution in [1.82, 2.24) is 10.3 Å². The second-order valence-electron chi connectivity index (χ2n) is 4.40. The molecule has 1 aromatic carbocycles. The number of nitrogens with zero attached hydrogens (tertiary/aromatic N) is 1. The maximum absolute atomic E-state index is 13.9. The predicted octanol–water partition coefficient (Wildman–Crippen LogP) is 4.02. The van der Waals surface area contributed by atoms with Crippen LogP contribution in [-0.2, 0) is 6.42 Å². The smallest absolute Gasteiger partial charge is 0.146 e. The lowest BCUT2D eigenvalue weighted by atomic mass is 10.0. The second-order valence-corrected chi connectivity index (χ2v) is 5.19. The minimum absolute atomic E-state index is 0.292. The molecule has 1 aromatic heterocycles. The average Bonchev–Trinajstić information content (AvgIpc) is 2.44. The minimum atomic E-state index is -0.356. The predicted molar refractivity (Wildman–Crippen MR) is 78.4 cm³/mol. The van der Waals surface area contributed by atoms with Gasteiger partial charge in [-0.2, -0.15) is 0 Å². The molecule has 1 N–H and O–H groups in total. The van der Waals surface area contributed by atoms with Gasteiger partial charge in [-0.1, -0.05) is 19.1 Å². The Morgan fingerprint density at radius 1 is 1.20 bits per heavy atom. The molecule has 0 saturated carbocycles. The Hall–Kier alpha value is -1.33. The zero-order valence-corrected chi connectivity index (χ0v) is 12.6. The van der Waals surface area contributed by atoms with Crippen molar-refractivity contribution >= 4 is 15.9 Å². The lowest BCUT2D eigenvalue weighted by Crippen LogP contribution is -2.25. The van der Waals surface area contributed by atoms with Gasteiger partial charge >= 0.3 is 0 Å². The molecule has 0 bridgehead atoms. The van der Waals surface area contributed by atoms with Crippen LogP contribution < -0.4 is 5.32 Å². The van der Waals surface area contributed by atoms with Crippen LogP contribution >= 0.6 is 15.9 Å². The first kappa shape index (κ1) is 15.1. The van der Waals surface area contributed by atoms with E-state index in [1.807, 2.05) is 13.0 Å². The summed E-state index contributed by atoms with van der Waals surface area (Å²) in [6.45, 7) is 2.61. The maximum atomic E-state index is 13.9. The lowest BCUT2D eigenvalue weighted by molar-refractivity contribution is 0.492. The molecule has 2 nitrogen and oxygen atoms in total. The normalized spacial score (nSPS) is 12.4. The van der Waals surface area contributed by atoms with Crippen LogP contribution in [0.15, 0.2) is 41.0 Å². The van der Waals surface area contributed by atoms with Crippen LogP contribution in [0.4, 0.5) is 8.78 Å². The summed E-state index contributed by atoms with van der Waals surface area (Å²) in [5.74, 6) is -0.676. The van der Waals surface area contributed by atoms with E-state index in [-0.39, 0.29) is 17.7 Å². The molecule has 0 spiro atoms. The number of likely N-dealkylation sites (N-methyl/N-ethyl adjacent to an activating group) is 1. The zero-order valence-electron chi connectivity index (χ0n) is 11.0. The first-order valence-electron chi connectivity index (χ1n) is 6.40. The van der Waals surface area contributed by atoms with E-state index in [1.54, 1.807) is 18.3 Å². The molecule has 20 heavy (non-hydrogen) atoms. The van der Waals surface area contributed by atoms with Gasteiger partial charge in [0.1, 0.15) is 11.6 Å². The van der Waals surface area contributed by atoms with Crippen molar-refractivity contribution in [1.29, 1.82) is 0 Å². The highest BCUT2D eigenvalue weighted by Gasteiger charge is 2.18. The summed E-state index contributed by atoms with van der Waals surface area (Å²) in [5.41, 5.74) is 1.13. The molecule has 0 fully saturated rings. The van der Waals surface area contributed by atoms with Crippen molar-refractivity contribution in [3.63, 3.8) is 0 Å². The molecule has 1 unspecified atom stereocenters. The Kier molecular flexibility index (Phi) is 5.20. The monoisotopic (exact) mass is 340 g/mol. The van der Waals surface area contributed by atoms with E-state index in [0.717, 1.165) is 5.56 Å². The van der Waals surface area contributed by atoms with Crippen LogP contribution in [-0.4, -0.2) is 11.5 Å². The highest BCUT2D eigenvalue weighted by Crippen LogP contribution is 2.26. The van der Waals surface area contributed by atoms with E-state index in [1.165, 1.54) is 12.1 Å². The molecule has 1 heterocycles. The molecule has 106 valence electrons. The Morgan fingerprint density at radius 2 is 1.95 bits per heavy atom. The Morgan fingerprint density at radius 3 is 2.65 bits per heavy atom. The topological polar surface area (TPSA) is 24.9 Å². The van der Waals surface area contributed by atoms with Gasteiger partial charge < -0.3 is 5.32 Å².